The van der Waals surface area contributed by atoms with Gasteiger partial charge in [-0.15, -0.1) is 0 Å². The molecule has 2 heterocycles. The van der Waals surface area contributed by atoms with Crippen LogP contribution in [0.5, 0.6) is 23.0 Å². The van der Waals surface area contributed by atoms with Crippen LogP contribution in [0.1, 0.15) is 0 Å². The molecule has 0 aromatic heterocycles. The van der Waals surface area contributed by atoms with Gasteiger partial charge in [-0.25, -0.2) is 8.78 Å². The van der Waals surface area contributed by atoms with Crippen molar-refractivity contribution in [1.82, 2.24) is 0 Å². The predicted octanol–water partition coefficient (Wildman–Crippen LogP) is 4.28. The maximum atomic E-state index is 14.6. The smallest absolute Gasteiger partial charge is 0.231 e. The van der Waals surface area contributed by atoms with E-state index in [1.165, 1.54) is 17.3 Å². The summed E-state index contributed by atoms with van der Waals surface area (Å²) in [5, 5.41) is 1.26. The molecule has 2 N–H and O–H groups in total. The van der Waals surface area contributed by atoms with Gasteiger partial charge in [0, 0.05) is 6.07 Å². The summed E-state index contributed by atoms with van der Waals surface area (Å²) in [7, 11) is 0. The highest BCUT2D eigenvalue weighted by atomic mass is 19.2. The van der Waals surface area contributed by atoms with Crippen molar-refractivity contribution in [3.05, 3.63) is 66.2 Å². The number of anilines is 3. The Labute approximate surface area is 164 Å². The number of hydrogen-bond acceptors (Lipinski definition) is 7. The van der Waals surface area contributed by atoms with E-state index in [4.69, 9.17) is 18.9 Å². The zero-order valence-electron chi connectivity index (χ0n) is 14.9. The molecule has 7 nitrogen and oxygen atoms in total. The van der Waals surface area contributed by atoms with Gasteiger partial charge in [0.1, 0.15) is 11.4 Å². The molecular formula is C20H15F2N3O4. The van der Waals surface area contributed by atoms with E-state index in [2.05, 4.69) is 10.9 Å². The van der Waals surface area contributed by atoms with Crippen molar-refractivity contribution in [1.29, 1.82) is 0 Å². The molecule has 9 heteroatoms. The SMILES string of the molecule is Fc1cccc(N(Nc2ccc3c(c2)OCO3)Nc2cccc3c2OCO3)c1F. The highest BCUT2D eigenvalue weighted by Crippen LogP contribution is 2.40. The average Bonchev–Trinajstić information content (AvgIpc) is 3.39. The van der Waals surface area contributed by atoms with Gasteiger partial charge >= 0.3 is 0 Å². The summed E-state index contributed by atoms with van der Waals surface area (Å²) in [5.41, 5.74) is 7.05. The fraction of sp³-hybridized carbons (Fsp3) is 0.100. The first-order valence-corrected chi connectivity index (χ1v) is 8.75. The van der Waals surface area contributed by atoms with Gasteiger partial charge in [0.05, 0.1) is 5.69 Å². The van der Waals surface area contributed by atoms with E-state index >= 15 is 0 Å². The van der Waals surface area contributed by atoms with Crippen LogP contribution in [0.3, 0.4) is 0 Å². The molecule has 2 aliphatic heterocycles. The van der Waals surface area contributed by atoms with Gasteiger partial charge in [-0.2, -0.15) is 5.12 Å². The van der Waals surface area contributed by atoms with Crippen LogP contribution in [0.25, 0.3) is 0 Å². The molecule has 148 valence electrons. The number of para-hydroxylation sites is 1. The fourth-order valence-corrected chi connectivity index (χ4v) is 3.05. The van der Waals surface area contributed by atoms with Crippen LogP contribution < -0.4 is 34.9 Å². The van der Waals surface area contributed by atoms with Gasteiger partial charge in [0.25, 0.3) is 0 Å². The normalized spacial score (nSPS) is 13.3. The second kappa shape index (κ2) is 6.93. The first-order chi connectivity index (χ1) is 14.2. The minimum Gasteiger partial charge on any atom is -0.454 e. The number of nitrogens with zero attached hydrogens (tertiary/aromatic N) is 1. The molecule has 0 bridgehead atoms. The Morgan fingerprint density at radius 1 is 0.759 bits per heavy atom. The number of ether oxygens (including phenoxy) is 4. The Hall–Kier alpha value is -3.88. The van der Waals surface area contributed by atoms with E-state index in [-0.39, 0.29) is 19.3 Å². The summed E-state index contributed by atoms with van der Waals surface area (Å²) < 4.78 is 50.0. The Kier molecular flexibility index (Phi) is 4.12. The summed E-state index contributed by atoms with van der Waals surface area (Å²) in [6, 6.07) is 14.3. The van der Waals surface area contributed by atoms with Gasteiger partial charge < -0.3 is 18.9 Å². The number of hydrazine groups is 2. The zero-order chi connectivity index (χ0) is 19.8. The predicted molar refractivity (Wildman–Crippen MR) is 101 cm³/mol. The van der Waals surface area contributed by atoms with Crippen molar-refractivity contribution in [3.63, 3.8) is 0 Å². The molecule has 0 unspecified atom stereocenters. The molecule has 0 radical (unpaired) electrons. The molecule has 0 amide bonds. The van der Waals surface area contributed by atoms with Gasteiger partial charge in [-0.05, 0) is 36.4 Å². The summed E-state index contributed by atoms with van der Waals surface area (Å²) in [4.78, 5) is 0. The first kappa shape index (κ1) is 17.2. The lowest BCUT2D eigenvalue weighted by molar-refractivity contribution is 0.174. The standard InChI is InChI=1S/C20H15F2N3O4/c21-13-3-1-5-15(19(13)22)25(23-12-7-8-16-18(9-12)28-10-26-16)24-14-4-2-6-17-20(14)29-11-27-17/h1-9,23-24H,10-11H2. The minimum atomic E-state index is -1.02. The highest BCUT2D eigenvalue weighted by Gasteiger charge is 2.22. The Bertz CT molecular complexity index is 1080. The van der Waals surface area contributed by atoms with Crippen LogP contribution in [-0.4, -0.2) is 13.6 Å². The van der Waals surface area contributed by atoms with Crippen molar-refractivity contribution < 1.29 is 27.7 Å². The summed E-state index contributed by atoms with van der Waals surface area (Å²) in [6.07, 6.45) is 0. The topological polar surface area (TPSA) is 64.2 Å². The molecule has 0 saturated heterocycles. The molecule has 29 heavy (non-hydrogen) atoms. The third-order valence-electron chi connectivity index (χ3n) is 4.41. The monoisotopic (exact) mass is 399 g/mol. The Morgan fingerprint density at radius 2 is 1.55 bits per heavy atom. The Balaban J connectivity index is 1.51. The van der Waals surface area contributed by atoms with Crippen molar-refractivity contribution in [2.24, 2.45) is 0 Å². The molecule has 0 atom stereocenters. The van der Waals surface area contributed by atoms with Gasteiger partial charge in [0.2, 0.25) is 13.6 Å². The third kappa shape index (κ3) is 3.16. The van der Waals surface area contributed by atoms with Gasteiger partial charge in [-0.1, -0.05) is 12.1 Å². The second-order valence-electron chi connectivity index (χ2n) is 6.24. The molecule has 2 aliphatic rings. The summed E-state index contributed by atoms with van der Waals surface area (Å²) in [6.45, 7) is 0.213. The van der Waals surface area contributed by atoms with Crippen molar-refractivity contribution in [2.45, 2.75) is 0 Å². The lowest BCUT2D eigenvalue weighted by Crippen LogP contribution is -2.36. The summed E-state index contributed by atoms with van der Waals surface area (Å²) in [5.74, 6) is 0.197. The van der Waals surface area contributed by atoms with Crippen LogP contribution in [0.2, 0.25) is 0 Å². The zero-order valence-corrected chi connectivity index (χ0v) is 14.9. The van der Waals surface area contributed by atoms with Crippen LogP contribution in [0, 0.1) is 11.6 Å². The van der Waals surface area contributed by atoms with E-state index in [0.717, 1.165) is 6.07 Å². The van der Waals surface area contributed by atoms with Crippen LogP contribution in [0.4, 0.5) is 25.8 Å². The number of benzene rings is 3. The Morgan fingerprint density at radius 3 is 2.48 bits per heavy atom. The van der Waals surface area contributed by atoms with Crippen molar-refractivity contribution in [2.75, 3.05) is 29.6 Å². The van der Waals surface area contributed by atoms with E-state index in [9.17, 15) is 8.78 Å². The van der Waals surface area contributed by atoms with E-state index in [1.54, 1.807) is 36.4 Å². The van der Waals surface area contributed by atoms with Crippen LogP contribution >= 0.6 is 0 Å². The summed E-state index contributed by atoms with van der Waals surface area (Å²) >= 11 is 0. The molecule has 0 spiro atoms. The molecule has 3 aromatic carbocycles. The van der Waals surface area contributed by atoms with E-state index in [0.29, 0.717) is 34.4 Å². The largest absolute Gasteiger partial charge is 0.454 e. The second-order valence-corrected chi connectivity index (χ2v) is 6.24. The molecule has 3 aromatic rings. The number of hydrogen-bond donors (Lipinski definition) is 2. The molecule has 5 rings (SSSR count). The number of halogens is 2. The number of rotatable bonds is 5. The quantitative estimate of drug-likeness (QED) is 0.621. The number of fused-ring (bicyclic) bond motifs is 2. The maximum absolute atomic E-state index is 14.6. The van der Waals surface area contributed by atoms with Gasteiger partial charge in [0.15, 0.2) is 34.6 Å². The van der Waals surface area contributed by atoms with Crippen molar-refractivity contribution >= 4 is 17.1 Å². The van der Waals surface area contributed by atoms with E-state index in [1.807, 2.05) is 0 Å². The first-order valence-electron chi connectivity index (χ1n) is 8.75. The highest BCUT2D eigenvalue weighted by molar-refractivity contribution is 5.69. The maximum Gasteiger partial charge on any atom is 0.231 e. The average molecular weight is 399 g/mol. The lowest BCUT2D eigenvalue weighted by atomic mass is 10.2. The third-order valence-corrected chi connectivity index (χ3v) is 4.41. The molecular weight excluding hydrogens is 384 g/mol. The minimum absolute atomic E-state index is 0.0563. The number of nitrogens with one attached hydrogen (secondary N) is 2. The van der Waals surface area contributed by atoms with E-state index < -0.39 is 11.6 Å². The molecule has 0 aliphatic carbocycles. The van der Waals surface area contributed by atoms with Crippen LogP contribution in [0.15, 0.2) is 54.6 Å². The van der Waals surface area contributed by atoms with Crippen LogP contribution in [-0.2, 0) is 0 Å². The fourth-order valence-electron chi connectivity index (χ4n) is 3.05. The lowest BCUT2D eigenvalue weighted by Gasteiger charge is -2.28. The molecule has 0 saturated carbocycles. The van der Waals surface area contributed by atoms with Crippen molar-refractivity contribution in [3.8, 4) is 23.0 Å². The molecule has 0 fully saturated rings. The van der Waals surface area contributed by atoms with Gasteiger partial charge in [-0.3, -0.25) is 10.9 Å².